The van der Waals surface area contributed by atoms with E-state index in [9.17, 15) is 14.9 Å². The quantitative estimate of drug-likeness (QED) is 0.626. The van der Waals surface area contributed by atoms with Gasteiger partial charge >= 0.3 is 11.7 Å². The molecule has 7 heteroatoms. The summed E-state index contributed by atoms with van der Waals surface area (Å²) in [5, 5.41) is 19.9. The van der Waals surface area contributed by atoms with Crippen LogP contribution in [0, 0.1) is 16.0 Å². The molecular weight excluding hydrogens is 250 g/mol. The molecule has 0 atom stereocenters. The molecule has 1 aromatic heterocycles. The minimum Gasteiger partial charge on any atom is -0.478 e. The van der Waals surface area contributed by atoms with E-state index in [1.54, 1.807) is 4.90 Å². The first-order valence-corrected chi connectivity index (χ1v) is 5.99. The fourth-order valence-corrected chi connectivity index (χ4v) is 1.75. The summed E-state index contributed by atoms with van der Waals surface area (Å²) in [6.45, 7) is 7.06. The molecule has 0 aliphatic rings. The summed E-state index contributed by atoms with van der Waals surface area (Å²) in [7, 11) is 0. The molecular formula is C12H17N3O4. The molecule has 0 saturated carbocycles. The number of hydrogen-bond acceptors (Lipinski definition) is 5. The average molecular weight is 267 g/mol. The van der Waals surface area contributed by atoms with Crippen molar-refractivity contribution in [3.63, 3.8) is 0 Å². The zero-order chi connectivity index (χ0) is 14.6. The van der Waals surface area contributed by atoms with E-state index in [2.05, 4.69) is 4.98 Å². The Morgan fingerprint density at radius 1 is 1.58 bits per heavy atom. The van der Waals surface area contributed by atoms with Crippen LogP contribution in [0.25, 0.3) is 0 Å². The van der Waals surface area contributed by atoms with Crippen molar-refractivity contribution >= 4 is 17.5 Å². The van der Waals surface area contributed by atoms with Crippen LogP contribution in [0.15, 0.2) is 12.3 Å². The molecule has 0 amide bonds. The van der Waals surface area contributed by atoms with Gasteiger partial charge in [0.15, 0.2) is 0 Å². The summed E-state index contributed by atoms with van der Waals surface area (Å²) in [6, 6.07) is 1.05. The molecule has 0 aliphatic carbocycles. The molecule has 104 valence electrons. The molecule has 19 heavy (non-hydrogen) atoms. The molecule has 1 aromatic rings. The van der Waals surface area contributed by atoms with Crippen LogP contribution in [-0.2, 0) is 0 Å². The second-order valence-corrected chi connectivity index (χ2v) is 4.56. The van der Waals surface area contributed by atoms with Crippen molar-refractivity contribution in [2.75, 3.05) is 18.0 Å². The Labute approximate surface area is 111 Å². The lowest BCUT2D eigenvalue weighted by Crippen LogP contribution is -2.29. The van der Waals surface area contributed by atoms with Gasteiger partial charge in [0, 0.05) is 25.4 Å². The maximum atomic E-state index is 11.0. The number of nitro groups is 1. The third-order valence-electron chi connectivity index (χ3n) is 2.56. The van der Waals surface area contributed by atoms with E-state index < -0.39 is 10.9 Å². The number of rotatable bonds is 6. The van der Waals surface area contributed by atoms with E-state index in [0.29, 0.717) is 19.0 Å². The normalized spacial score (nSPS) is 10.5. The third-order valence-corrected chi connectivity index (χ3v) is 2.56. The van der Waals surface area contributed by atoms with Crippen LogP contribution in [0.3, 0.4) is 0 Å². The Bertz CT molecular complexity index is 488. The Balaban J connectivity index is 3.25. The van der Waals surface area contributed by atoms with Gasteiger partial charge in [0.25, 0.3) is 0 Å². The van der Waals surface area contributed by atoms with Gasteiger partial charge in [-0.15, -0.1) is 0 Å². The van der Waals surface area contributed by atoms with Gasteiger partial charge in [-0.05, 0) is 12.8 Å². The van der Waals surface area contributed by atoms with Gasteiger partial charge in [0.2, 0.25) is 5.82 Å². The predicted molar refractivity (Wildman–Crippen MR) is 70.6 cm³/mol. The van der Waals surface area contributed by atoms with Crippen molar-refractivity contribution < 1.29 is 14.8 Å². The van der Waals surface area contributed by atoms with Gasteiger partial charge in [0.05, 0.1) is 10.5 Å². The van der Waals surface area contributed by atoms with E-state index in [-0.39, 0.29) is 17.1 Å². The van der Waals surface area contributed by atoms with E-state index in [0.717, 1.165) is 12.3 Å². The summed E-state index contributed by atoms with van der Waals surface area (Å²) in [4.78, 5) is 27.0. The number of aromatic nitrogens is 1. The van der Waals surface area contributed by atoms with E-state index >= 15 is 0 Å². The zero-order valence-electron chi connectivity index (χ0n) is 11.2. The maximum absolute atomic E-state index is 11.0. The minimum absolute atomic E-state index is 0.184. The smallest absolute Gasteiger partial charge is 0.337 e. The lowest BCUT2D eigenvalue weighted by Gasteiger charge is -2.23. The Morgan fingerprint density at radius 3 is 2.63 bits per heavy atom. The molecule has 0 aliphatic heterocycles. The molecule has 0 unspecified atom stereocenters. The van der Waals surface area contributed by atoms with Crippen molar-refractivity contribution in [1.29, 1.82) is 0 Å². The number of carbonyl (C=O) groups is 1. The lowest BCUT2D eigenvalue weighted by molar-refractivity contribution is -0.384. The number of carboxylic acids is 1. The van der Waals surface area contributed by atoms with Crippen molar-refractivity contribution in [2.45, 2.75) is 20.8 Å². The molecule has 1 N–H and O–H groups in total. The first-order chi connectivity index (χ1) is 8.86. The van der Waals surface area contributed by atoms with Crippen LogP contribution in [-0.4, -0.2) is 34.1 Å². The number of carboxylic acid groups (broad SMARTS) is 1. The monoisotopic (exact) mass is 267 g/mol. The van der Waals surface area contributed by atoms with Crippen molar-refractivity contribution in [2.24, 2.45) is 5.92 Å². The first kappa shape index (κ1) is 14.9. The second-order valence-electron chi connectivity index (χ2n) is 4.56. The third kappa shape index (κ3) is 3.64. The zero-order valence-corrected chi connectivity index (χ0v) is 11.2. The number of nitrogens with zero attached hydrogens (tertiary/aromatic N) is 3. The predicted octanol–water partition coefficient (Wildman–Crippen LogP) is 2.17. The molecule has 0 radical (unpaired) electrons. The molecule has 0 aromatic carbocycles. The standard InChI is InChI=1S/C12H17N3O4/c1-4-14(7-8(2)3)11-10(15(18)19)5-9(6-13-11)12(16)17/h5-6,8H,4,7H2,1-3H3,(H,16,17). The van der Waals surface area contributed by atoms with Crippen LogP contribution < -0.4 is 4.90 Å². The number of hydrogen-bond donors (Lipinski definition) is 1. The molecule has 0 fully saturated rings. The summed E-state index contributed by atoms with van der Waals surface area (Å²) in [6.07, 6.45) is 1.15. The van der Waals surface area contributed by atoms with Gasteiger partial charge in [-0.3, -0.25) is 10.1 Å². The largest absolute Gasteiger partial charge is 0.478 e. The van der Waals surface area contributed by atoms with Gasteiger partial charge in [-0.25, -0.2) is 9.78 Å². The van der Waals surface area contributed by atoms with Gasteiger partial charge in [0.1, 0.15) is 0 Å². The van der Waals surface area contributed by atoms with Crippen LogP contribution in [0.1, 0.15) is 31.1 Å². The number of pyridine rings is 1. The van der Waals surface area contributed by atoms with Crippen LogP contribution >= 0.6 is 0 Å². The SMILES string of the molecule is CCN(CC(C)C)c1ncc(C(=O)O)cc1[N+](=O)[O-]. The highest BCUT2D eigenvalue weighted by molar-refractivity contribution is 5.88. The summed E-state index contributed by atoms with van der Waals surface area (Å²) in [5.41, 5.74) is -0.460. The number of anilines is 1. The Kier molecular flexibility index (Phi) is 4.80. The fraction of sp³-hybridized carbons (Fsp3) is 0.500. The lowest BCUT2D eigenvalue weighted by atomic mass is 10.2. The highest BCUT2D eigenvalue weighted by Gasteiger charge is 2.23. The molecule has 7 nitrogen and oxygen atoms in total. The first-order valence-electron chi connectivity index (χ1n) is 5.99. The molecule has 0 spiro atoms. The Hall–Kier alpha value is -2.18. The van der Waals surface area contributed by atoms with E-state index in [1.807, 2.05) is 20.8 Å². The van der Waals surface area contributed by atoms with E-state index in [1.165, 1.54) is 0 Å². The van der Waals surface area contributed by atoms with E-state index in [4.69, 9.17) is 5.11 Å². The molecule has 1 rings (SSSR count). The van der Waals surface area contributed by atoms with Gasteiger partial charge < -0.3 is 10.0 Å². The van der Waals surface area contributed by atoms with Crippen molar-refractivity contribution in [3.8, 4) is 0 Å². The highest BCUT2D eigenvalue weighted by Crippen LogP contribution is 2.27. The fourth-order valence-electron chi connectivity index (χ4n) is 1.75. The molecule has 1 heterocycles. The summed E-state index contributed by atoms with van der Waals surface area (Å²) in [5.74, 6) is -0.694. The maximum Gasteiger partial charge on any atom is 0.337 e. The summed E-state index contributed by atoms with van der Waals surface area (Å²) < 4.78 is 0. The molecule has 0 saturated heterocycles. The minimum atomic E-state index is -1.23. The average Bonchev–Trinajstić information content (AvgIpc) is 2.34. The van der Waals surface area contributed by atoms with Crippen molar-refractivity contribution in [1.82, 2.24) is 4.98 Å². The number of aromatic carboxylic acids is 1. The second kappa shape index (κ2) is 6.12. The Morgan fingerprint density at radius 2 is 2.21 bits per heavy atom. The van der Waals surface area contributed by atoms with Gasteiger partial charge in [-0.1, -0.05) is 13.8 Å². The summed E-state index contributed by atoms with van der Waals surface area (Å²) >= 11 is 0. The van der Waals surface area contributed by atoms with Crippen LogP contribution in [0.5, 0.6) is 0 Å². The van der Waals surface area contributed by atoms with Crippen LogP contribution in [0.2, 0.25) is 0 Å². The van der Waals surface area contributed by atoms with Crippen molar-refractivity contribution in [3.05, 3.63) is 27.9 Å². The molecule has 0 bridgehead atoms. The van der Waals surface area contributed by atoms with Crippen LogP contribution in [0.4, 0.5) is 11.5 Å². The van der Waals surface area contributed by atoms with Gasteiger partial charge in [-0.2, -0.15) is 0 Å². The topological polar surface area (TPSA) is 96.6 Å². The highest BCUT2D eigenvalue weighted by atomic mass is 16.6.